The summed E-state index contributed by atoms with van der Waals surface area (Å²) in [5, 5.41) is 2.87. The number of nitrogens with one attached hydrogen (secondary N) is 2. The summed E-state index contributed by atoms with van der Waals surface area (Å²) in [6.07, 6.45) is 0. The second-order valence-corrected chi connectivity index (χ2v) is 10.3. The van der Waals surface area contributed by atoms with Gasteiger partial charge in [-0.15, -0.1) is 0 Å². The molecule has 1 heterocycles. The Morgan fingerprint density at radius 1 is 0.917 bits per heavy atom. The number of carbonyl (C=O) groups excluding carboxylic acids is 1. The lowest BCUT2D eigenvalue weighted by Crippen LogP contribution is -2.40. The summed E-state index contributed by atoms with van der Waals surface area (Å²) < 4.78 is 31.4. The highest BCUT2D eigenvalue weighted by atomic mass is 32.2. The first-order chi connectivity index (χ1) is 17.1. The van der Waals surface area contributed by atoms with Crippen molar-refractivity contribution in [1.82, 2.24) is 19.2 Å². The van der Waals surface area contributed by atoms with E-state index < -0.39 is 33.2 Å². The highest BCUT2D eigenvalue weighted by molar-refractivity contribution is 7.89. The van der Waals surface area contributed by atoms with Crippen LogP contribution in [0.3, 0.4) is 0 Å². The molecule has 1 atom stereocenters. The van der Waals surface area contributed by atoms with Gasteiger partial charge >= 0.3 is 5.69 Å². The first kappa shape index (κ1) is 25.1. The van der Waals surface area contributed by atoms with E-state index in [1.54, 1.807) is 30.3 Å². The Balaban J connectivity index is 1.67. The molecule has 186 valence electrons. The molecule has 0 aliphatic heterocycles. The molecule has 4 aromatic rings. The van der Waals surface area contributed by atoms with Gasteiger partial charge in [-0.25, -0.2) is 13.2 Å². The van der Waals surface area contributed by atoms with Crippen LogP contribution in [0.1, 0.15) is 22.7 Å². The van der Waals surface area contributed by atoms with Gasteiger partial charge in [-0.05, 0) is 36.2 Å². The molecule has 0 unspecified atom stereocenters. The van der Waals surface area contributed by atoms with Gasteiger partial charge in [0.1, 0.15) is 6.04 Å². The molecule has 0 bridgehead atoms. The monoisotopic (exact) mass is 506 g/mol. The van der Waals surface area contributed by atoms with Crippen molar-refractivity contribution < 1.29 is 13.2 Å². The zero-order chi connectivity index (χ0) is 26.0. The predicted octanol–water partition coefficient (Wildman–Crippen LogP) is 1.88. The van der Waals surface area contributed by atoms with E-state index in [2.05, 4.69) is 10.0 Å². The SMILES string of the molecule is Cc1ccc(CNC(=O)[C@@H](NS(=O)(=O)c2ccc3c(c2)c(=O)n(C)c(=O)n3C)c2ccccc2)cc1. The Morgan fingerprint density at radius 3 is 2.25 bits per heavy atom. The first-order valence-corrected chi connectivity index (χ1v) is 12.7. The van der Waals surface area contributed by atoms with Gasteiger partial charge in [-0.1, -0.05) is 60.2 Å². The highest BCUT2D eigenvalue weighted by Crippen LogP contribution is 2.20. The molecular weight excluding hydrogens is 480 g/mol. The average Bonchev–Trinajstić information content (AvgIpc) is 2.89. The Morgan fingerprint density at radius 2 is 1.58 bits per heavy atom. The lowest BCUT2D eigenvalue weighted by Gasteiger charge is -2.19. The third kappa shape index (κ3) is 5.00. The standard InChI is InChI=1S/C26H26N4O5S/c1-17-9-11-18(12-10-17)16-27-24(31)23(19-7-5-4-6-8-19)28-36(34,35)20-13-14-22-21(15-20)25(32)30(3)26(33)29(22)2/h4-15,23,28H,16H2,1-3H3,(H,27,31)/t23-/m0/s1. The second-order valence-electron chi connectivity index (χ2n) is 8.55. The van der Waals surface area contributed by atoms with E-state index in [0.29, 0.717) is 11.1 Å². The van der Waals surface area contributed by atoms with Crippen LogP contribution in [0.15, 0.2) is 87.3 Å². The van der Waals surface area contributed by atoms with Gasteiger partial charge in [0.25, 0.3) is 5.56 Å². The molecule has 1 amide bonds. The van der Waals surface area contributed by atoms with Crippen LogP contribution in [0, 0.1) is 6.92 Å². The summed E-state index contributed by atoms with van der Waals surface area (Å²) in [6, 6.07) is 18.9. The van der Waals surface area contributed by atoms with Crippen molar-refractivity contribution in [1.29, 1.82) is 0 Å². The number of aryl methyl sites for hydroxylation is 2. The van der Waals surface area contributed by atoms with Crippen molar-refractivity contribution in [2.45, 2.75) is 24.4 Å². The summed E-state index contributed by atoms with van der Waals surface area (Å²) in [4.78, 5) is 37.8. The molecule has 0 radical (unpaired) electrons. The minimum atomic E-state index is -4.23. The summed E-state index contributed by atoms with van der Waals surface area (Å²) >= 11 is 0. The van der Waals surface area contributed by atoms with Gasteiger partial charge in [-0.3, -0.25) is 18.7 Å². The molecule has 0 fully saturated rings. The van der Waals surface area contributed by atoms with Crippen LogP contribution >= 0.6 is 0 Å². The maximum atomic E-state index is 13.4. The molecule has 3 aromatic carbocycles. The number of nitrogens with zero attached hydrogens (tertiary/aromatic N) is 2. The van der Waals surface area contributed by atoms with Gasteiger partial charge in [-0.2, -0.15) is 4.72 Å². The number of amides is 1. The molecule has 0 spiro atoms. The van der Waals surface area contributed by atoms with Crippen LogP contribution in [-0.2, 0) is 35.5 Å². The molecule has 0 saturated carbocycles. The smallest absolute Gasteiger partial charge is 0.330 e. The van der Waals surface area contributed by atoms with E-state index in [-0.39, 0.29) is 16.8 Å². The fraction of sp³-hybridized carbons (Fsp3) is 0.192. The molecule has 10 heteroatoms. The molecule has 1 aromatic heterocycles. The summed E-state index contributed by atoms with van der Waals surface area (Å²) in [6.45, 7) is 2.19. The lowest BCUT2D eigenvalue weighted by molar-refractivity contribution is -0.123. The molecular formula is C26H26N4O5S. The van der Waals surface area contributed by atoms with Gasteiger partial charge in [0.15, 0.2) is 0 Å². The number of benzene rings is 3. The normalized spacial score (nSPS) is 12.4. The van der Waals surface area contributed by atoms with E-state index in [9.17, 15) is 22.8 Å². The van der Waals surface area contributed by atoms with Crippen LogP contribution < -0.4 is 21.3 Å². The Hall–Kier alpha value is -4.02. The third-order valence-electron chi connectivity index (χ3n) is 6.00. The first-order valence-electron chi connectivity index (χ1n) is 11.2. The number of fused-ring (bicyclic) bond motifs is 1. The quantitative estimate of drug-likeness (QED) is 0.397. The number of hydrogen-bond acceptors (Lipinski definition) is 5. The number of rotatable bonds is 7. The van der Waals surface area contributed by atoms with Crippen molar-refractivity contribution in [2.24, 2.45) is 14.1 Å². The molecule has 9 nitrogen and oxygen atoms in total. The zero-order valence-corrected chi connectivity index (χ0v) is 20.9. The number of aromatic nitrogens is 2. The molecule has 0 saturated heterocycles. The van der Waals surface area contributed by atoms with E-state index in [0.717, 1.165) is 15.7 Å². The van der Waals surface area contributed by atoms with E-state index >= 15 is 0 Å². The largest absolute Gasteiger partial charge is 0.350 e. The molecule has 4 rings (SSSR count). The highest BCUT2D eigenvalue weighted by Gasteiger charge is 2.28. The maximum Gasteiger partial charge on any atom is 0.330 e. The molecule has 36 heavy (non-hydrogen) atoms. The van der Waals surface area contributed by atoms with E-state index in [4.69, 9.17) is 0 Å². The lowest BCUT2D eigenvalue weighted by atomic mass is 10.1. The second kappa shape index (κ2) is 9.92. The maximum absolute atomic E-state index is 13.4. The topological polar surface area (TPSA) is 119 Å². The predicted molar refractivity (Wildman–Crippen MR) is 137 cm³/mol. The molecule has 0 aliphatic rings. The minimum absolute atomic E-state index is 0.0718. The Labute approximate surface area is 208 Å². The van der Waals surface area contributed by atoms with E-state index in [1.807, 2.05) is 31.2 Å². The zero-order valence-electron chi connectivity index (χ0n) is 20.1. The van der Waals surface area contributed by atoms with Crippen molar-refractivity contribution in [3.63, 3.8) is 0 Å². The van der Waals surface area contributed by atoms with Crippen LogP contribution in [0.2, 0.25) is 0 Å². The van der Waals surface area contributed by atoms with Gasteiger partial charge in [0.05, 0.1) is 15.8 Å². The Kier molecular flexibility index (Phi) is 6.91. The summed E-state index contributed by atoms with van der Waals surface area (Å²) in [5.74, 6) is -0.524. The fourth-order valence-corrected chi connectivity index (χ4v) is 5.09. The van der Waals surface area contributed by atoms with Crippen molar-refractivity contribution in [3.8, 4) is 0 Å². The third-order valence-corrected chi connectivity index (χ3v) is 7.42. The minimum Gasteiger partial charge on any atom is -0.350 e. The van der Waals surface area contributed by atoms with E-state index in [1.165, 1.54) is 36.9 Å². The summed E-state index contributed by atoms with van der Waals surface area (Å²) in [5.41, 5.74) is 1.60. The van der Waals surface area contributed by atoms with Crippen LogP contribution in [-0.4, -0.2) is 23.5 Å². The fourth-order valence-electron chi connectivity index (χ4n) is 3.88. The number of sulfonamides is 1. The van der Waals surface area contributed by atoms with Crippen LogP contribution in [0.4, 0.5) is 0 Å². The van der Waals surface area contributed by atoms with Gasteiger partial charge < -0.3 is 5.32 Å². The van der Waals surface area contributed by atoms with Crippen molar-refractivity contribution >= 4 is 26.8 Å². The van der Waals surface area contributed by atoms with Gasteiger partial charge in [0, 0.05) is 20.6 Å². The van der Waals surface area contributed by atoms with Crippen molar-refractivity contribution in [3.05, 3.63) is 110 Å². The van der Waals surface area contributed by atoms with Gasteiger partial charge in [0.2, 0.25) is 15.9 Å². The molecule has 2 N–H and O–H groups in total. The summed E-state index contributed by atoms with van der Waals surface area (Å²) in [7, 11) is -1.40. The Bertz CT molecular complexity index is 1660. The van der Waals surface area contributed by atoms with Crippen molar-refractivity contribution in [2.75, 3.05) is 0 Å². The molecule has 0 aliphatic carbocycles. The number of carbonyl (C=O) groups is 1. The number of hydrogen-bond donors (Lipinski definition) is 2. The van der Waals surface area contributed by atoms with Crippen LogP contribution in [0.25, 0.3) is 10.9 Å². The van der Waals surface area contributed by atoms with Crippen LogP contribution in [0.5, 0.6) is 0 Å². The average molecular weight is 507 g/mol.